The highest BCUT2D eigenvalue weighted by Crippen LogP contribution is 2.28. The Morgan fingerprint density at radius 2 is 1.95 bits per heavy atom. The molecule has 4 heteroatoms. The predicted molar refractivity (Wildman–Crippen MR) is 76.4 cm³/mol. The zero-order valence-corrected chi connectivity index (χ0v) is 12.0. The predicted octanol–water partition coefficient (Wildman–Crippen LogP) is 2.04. The normalized spacial score (nSPS) is 22.0. The minimum Gasteiger partial charge on any atom is -0.508 e. The van der Waals surface area contributed by atoms with E-state index in [2.05, 4.69) is 30.8 Å². The van der Waals surface area contributed by atoms with Crippen molar-refractivity contribution >= 4 is 0 Å². The monoisotopic (exact) mass is 264 g/mol. The molecule has 1 aliphatic rings. The minimum absolute atomic E-state index is 0.121. The maximum Gasteiger partial charge on any atom is 0.119 e. The fourth-order valence-electron chi connectivity index (χ4n) is 2.85. The van der Waals surface area contributed by atoms with Crippen molar-refractivity contribution in [1.82, 2.24) is 9.80 Å². The molecule has 1 aromatic rings. The van der Waals surface area contributed by atoms with Gasteiger partial charge in [-0.15, -0.1) is 0 Å². The van der Waals surface area contributed by atoms with Gasteiger partial charge in [-0.05, 0) is 57.6 Å². The minimum atomic E-state index is 0.121. The molecule has 0 aromatic heterocycles. The Bertz CT molecular complexity index is 416. The van der Waals surface area contributed by atoms with E-state index in [-0.39, 0.29) is 17.5 Å². The lowest BCUT2D eigenvalue weighted by molar-refractivity contribution is 0.219. The molecule has 0 spiro atoms. The average molecular weight is 264 g/mol. The van der Waals surface area contributed by atoms with Gasteiger partial charge in [-0.25, -0.2) is 0 Å². The van der Waals surface area contributed by atoms with E-state index in [0.29, 0.717) is 5.92 Å². The quantitative estimate of drug-likeness (QED) is 0.873. The summed E-state index contributed by atoms with van der Waals surface area (Å²) in [5.41, 5.74) is 0.950. The van der Waals surface area contributed by atoms with E-state index < -0.39 is 0 Å². The van der Waals surface area contributed by atoms with Crippen molar-refractivity contribution in [2.75, 3.05) is 33.7 Å². The molecule has 0 saturated carbocycles. The maximum absolute atomic E-state index is 9.56. The fraction of sp³-hybridized carbons (Fsp3) is 0.600. The van der Waals surface area contributed by atoms with Crippen molar-refractivity contribution < 1.29 is 10.2 Å². The number of hydrogen-bond acceptors (Lipinski definition) is 4. The molecular formula is C15H24N2O2. The third kappa shape index (κ3) is 3.61. The van der Waals surface area contributed by atoms with E-state index in [4.69, 9.17) is 0 Å². The highest BCUT2D eigenvalue weighted by molar-refractivity contribution is 5.37. The topological polar surface area (TPSA) is 46.9 Å². The lowest BCUT2D eigenvalue weighted by atomic mass is 10.0. The van der Waals surface area contributed by atoms with Crippen molar-refractivity contribution in [2.24, 2.45) is 5.92 Å². The number of hydrogen-bond donors (Lipinski definition) is 2. The van der Waals surface area contributed by atoms with Crippen LogP contribution in [0.25, 0.3) is 0 Å². The summed E-state index contributed by atoms with van der Waals surface area (Å²) in [6, 6.07) is 5.00. The second-order valence-electron chi connectivity index (χ2n) is 5.82. The van der Waals surface area contributed by atoms with E-state index >= 15 is 0 Å². The zero-order valence-electron chi connectivity index (χ0n) is 12.0. The van der Waals surface area contributed by atoms with Crippen LogP contribution in [0.3, 0.4) is 0 Å². The van der Waals surface area contributed by atoms with Crippen molar-refractivity contribution in [2.45, 2.75) is 19.4 Å². The van der Waals surface area contributed by atoms with Crippen LogP contribution in [0.15, 0.2) is 18.2 Å². The Labute approximate surface area is 115 Å². The number of phenolic OH excluding ortho intramolecular Hbond substituents is 2. The van der Waals surface area contributed by atoms with Gasteiger partial charge < -0.3 is 15.1 Å². The van der Waals surface area contributed by atoms with Crippen LogP contribution in [-0.2, 0) is 0 Å². The molecule has 4 nitrogen and oxygen atoms in total. The molecule has 0 aliphatic carbocycles. The van der Waals surface area contributed by atoms with Gasteiger partial charge in [0.05, 0.1) is 0 Å². The van der Waals surface area contributed by atoms with Gasteiger partial charge in [0.1, 0.15) is 11.5 Å². The number of aromatic hydroxyl groups is 2. The summed E-state index contributed by atoms with van der Waals surface area (Å²) in [6.45, 7) is 5.48. The van der Waals surface area contributed by atoms with Crippen molar-refractivity contribution in [3.05, 3.63) is 23.8 Å². The first-order chi connectivity index (χ1) is 8.95. The summed E-state index contributed by atoms with van der Waals surface area (Å²) in [7, 11) is 4.26. The Hall–Kier alpha value is -1.26. The molecule has 1 fully saturated rings. The molecule has 1 heterocycles. The third-order valence-electron chi connectivity index (χ3n) is 4.10. The highest BCUT2D eigenvalue weighted by atomic mass is 16.3. The largest absolute Gasteiger partial charge is 0.508 e. The van der Waals surface area contributed by atoms with Crippen LogP contribution >= 0.6 is 0 Å². The summed E-state index contributed by atoms with van der Waals surface area (Å²) in [6.07, 6.45) is 1.25. The van der Waals surface area contributed by atoms with E-state index in [1.165, 1.54) is 19.0 Å². The first kappa shape index (κ1) is 14.2. The number of phenols is 2. The molecule has 0 radical (unpaired) electrons. The zero-order chi connectivity index (χ0) is 14.0. The highest BCUT2D eigenvalue weighted by Gasteiger charge is 2.23. The summed E-state index contributed by atoms with van der Waals surface area (Å²) in [5.74, 6) is 0.954. The molecule has 2 atom stereocenters. The Morgan fingerprint density at radius 3 is 2.47 bits per heavy atom. The first-order valence-electron chi connectivity index (χ1n) is 6.87. The number of rotatable bonds is 4. The van der Waals surface area contributed by atoms with E-state index in [0.717, 1.165) is 18.7 Å². The first-order valence-corrected chi connectivity index (χ1v) is 6.87. The molecule has 19 heavy (non-hydrogen) atoms. The fourth-order valence-corrected chi connectivity index (χ4v) is 2.85. The smallest absolute Gasteiger partial charge is 0.119 e. The molecule has 106 valence electrons. The van der Waals surface area contributed by atoms with Crippen LogP contribution in [0.4, 0.5) is 0 Å². The number of nitrogens with zero attached hydrogens (tertiary/aromatic N) is 2. The van der Waals surface area contributed by atoms with Crippen LogP contribution in [-0.4, -0.2) is 53.7 Å². The summed E-state index contributed by atoms with van der Waals surface area (Å²) in [4.78, 5) is 4.65. The van der Waals surface area contributed by atoms with E-state index in [1.54, 1.807) is 12.1 Å². The maximum atomic E-state index is 9.56. The van der Waals surface area contributed by atoms with E-state index in [1.807, 2.05) is 0 Å². The summed E-state index contributed by atoms with van der Waals surface area (Å²) >= 11 is 0. The molecular weight excluding hydrogens is 240 g/mol. The van der Waals surface area contributed by atoms with Crippen LogP contribution in [0.1, 0.15) is 24.9 Å². The van der Waals surface area contributed by atoms with Crippen molar-refractivity contribution in [3.8, 4) is 11.5 Å². The van der Waals surface area contributed by atoms with Crippen LogP contribution < -0.4 is 0 Å². The Balaban J connectivity index is 1.99. The third-order valence-corrected chi connectivity index (χ3v) is 4.10. The molecule has 0 amide bonds. The van der Waals surface area contributed by atoms with Gasteiger partial charge in [0.15, 0.2) is 0 Å². The van der Waals surface area contributed by atoms with Gasteiger partial charge in [-0.1, -0.05) is 0 Å². The molecule has 2 unspecified atom stereocenters. The van der Waals surface area contributed by atoms with Gasteiger partial charge in [0.25, 0.3) is 0 Å². The summed E-state index contributed by atoms with van der Waals surface area (Å²) < 4.78 is 0. The molecule has 1 aromatic carbocycles. The Morgan fingerprint density at radius 1 is 1.32 bits per heavy atom. The van der Waals surface area contributed by atoms with Gasteiger partial charge in [0, 0.05) is 25.2 Å². The second-order valence-corrected chi connectivity index (χ2v) is 5.82. The molecule has 1 aliphatic heterocycles. The number of benzene rings is 1. The van der Waals surface area contributed by atoms with Gasteiger partial charge in [-0.2, -0.15) is 0 Å². The molecule has 2 N–H and O–H groups in total. The van der Waals surface area contributed by atoms with Crippen LogP contribution in [0.2, 0.25) is 0 Å². The Kier molecular flexibility index (Phi) is 4.32. The van der Waals surface area contributed by atoms with Gasteiger partial charge >= 0.3 is 0 Å². The SMILES string of the molecule is CC(c1cc(O)cc(O)c1)N(C)CC1CCN(C)C1. The number of likely N-dealkylation sites (tertiary alicyclic amines) is 1. The summed E-state index contributed by atoms with van der Waals surface area (Å²) in [5, 5.41) is 19.1. The standard InChI is InChI=1S/C15H24N2O2/c1-11(13-6-14(18)8-15(19)7-13)17(3)10-12-4-5-16(2)9-12/h6-8,11-12,18-19H,4-5,9-10H2,1-3H3. The van der Waals surface area contributed by atoms with Crippen molar-refractivity contribution in [1.29, 1.82) is 0 Å². The van der Waals surface area contributed by atoms with Crippen LogP contribution in [0.5, 0.6) is 11.5 Å². The molecule has 1 saturated heterocycles. The molecule has 2 rings (SSSR count). The lowest BCUT2D eigenvalue weighted by Crippen LogP contribution is -2.29. The lowest BCUT2D eigenvalue weighted by Gasteiger charge is -2.28. The average Bonchev–Trinajstić information content (AvgIpc) is 2.72. The van der Waals surface area contributed by atoms with Gasteiger partial charge in [-0.3, -0.25) is 4.90 Å². The molecule has 0 bridgehead atoms. The second kappa shape index (κ2) is 5.80. The van der Waals surface area contributed by atoms with Crippen molar-refractivity contribution in [3.63, 3.8) is 0 Å². The van der Waals surface area contributed by atoms with Gasteiger partial charge in [0.2, 0.25) is 0 Å². The van der Waals surface area contributed by atoms with Crippen LogP contribution in [0, 0.1) is 5.92 Å². The van der Waals surface area contributed by atoms with E-state index in [9.17, 15) is 10.2 Å².